The van der Waals surface area contributed by atoms with Gasteiger partial charge in [-0.05, 0) is 55.3 Å². The van der Waals surface area contributed by atoms with Crippen molar-refractivity contribution in [3.8, 4) is 22.6 Å². The molecule has 0 aliphatic carbocycles. The molecule has 0 aliphatic rings. The van der Waals surface area contributed by atoms with Crippen LogP contribution in [0.1, 0.15) is 19.4 Å². The molecule has 1 heterocycles. The Labute approximate surface area is 195 Å². The van der Waals surface area contributed by atoms with E-state index in [4.69, 9.17) is 13.9 Å². The number of methoxy groups -OCH3 is 1. The summed E-state index contributed by atoms with van der Waals surface area (Å²) < 4.78 is 44.1. The van der Waals surface area contributed by atoms with Crippen molar-refractivity contribution in [1.82, 2.24) is 0 Å². The summed E-state index contributed by atoms with van der Waals surface area (Å²) in [4.78, 5) is 12.5. The molecule has 4 rings (SSSR count). The number of anilines is 1. The van der Waals surface area contributed by atoms with Crippen molar-refractivity contribution >= 4 is 28.1 Å². The van der Waals surface area contributed by atoms with Gasteiger partial charge in [0.25, 0.3) is 0 Å². The van der Waals surface area contributed by atoms with Gasteiger partial charge in [-0.2, -0.15) is 0 Å². The third-order valence-electron chi connectivity index (χ3n) is 5.33. The summed E-state index contributed by atoms with van der Waals surface area (Å²) in [5.41, 5.74) is 3.46. The van der Waals surface area contributed by atoms with E-state index in [0.29, 0.717) is 29.1 Å². The van der Waals surface area contributed by atoms with Crippen molar-refractivity contribution in [3.63, 3.8) is 0 Å². The zero-order valence-electron chi connectivity index (χ0n) is 18.9. The zero-order chi connectivity index (χ0) is 24.2. The topological polar surface area (TPSA) is 60.7 Å². The van der Waals surface area contributed by atoms with E-state index in [1.165, 1.54) is 13.2 Å². The Kier molecular flexibility index (Phi) is 6.63. The number of carbonyl (C=O) groups is 1. The molecule has 0 saturated heterocycles. The highest BCUT2D eigenvalue weighted by atomic mass is 19.1. The average molecular weight is 463 g/mol. The molecule has 0 spiro atoms. The smallest absolute Gasteiger partial charge is 0.248 e. The summed E-state index contributed by atoms with van der Waals surface area (Å²) in [7, 11) is 1.52. The van der Waals surface area contributed by atoms with E-state index in [0.717, 1.165) is 40.5 Å². The third kappa shape index (κ3) is 4.78. The highest BCUT2D eigenvalue weighted by Gasteiger charge is 2.15. The van der Waals surface area contributed by atoms with Crippen molar-refractivity contribution in [2.75, 3.05) is 19.0 Å². The van der Waals surface area contributed by atoms with E-state index >= 15 is 0 Å². The van der Waals surface area contributed by atoms with Crippen molar-refractivity contribution in [2.24, 2.45) is 0 Å². The Morgan fingerprint density at radius 2 is 1.85 bits per heavy atom. The van der Waals surface area contributed by atoms with Crippen LogP contribution in [0.15, 0.2) is 71.4 Å². The largest absolute Gasteiger partial charge is 0.496 e. The Hall–Kier alpha value is -4.13. The van der Waals surface area contributed by atoms with Crippen LogP contribution >= 0.6 is 0 Å². The number of nitrogens with one attached hydrogen (secondary N) is 1. The number of halogens is 2. The standard InChI is InChI=1S/C27H23F2NO4/c1-4-33-19-8-5-17(6-9-19)22-15-34-26-14-25(32-3)20(13-21(22)26)16(2)11-27(31)30-24-12-18(28)7-10-23(24)29/h5-15H,4H2,1-3H3,(H,30,31)/b16-11+. The molecule has 0 unspecified atom stereocenters. The molecule has 0 aliphatic heterocycles. The van der Waals surface area contributed by atoms with Gasteiger partial charge in [-0.3, -0.25) is 4.79 Å². The second-order valence-corrected chi connectivity index (χ2v) is 7.60. The number of furan rings is 1. The Balaban J connectivity index is 1.68. The minimum atomic E-state index is -0.724. The van der Waals surface area contributed by atoms with Gasteiger partial charge < -0.3 is 19.2 Å². The molecule has 34 heavy (non-hydrogen) atoms. The molecule has 1 aromatic heterocycles. The molecule has 1 amide bonds. The lowest BCUT2D eigenvalue weighted by atomic mass is 9.99. The fourth-order valence-electron chi connectivity index (χ4n) is 3.69. The summed E-state index contributed by atoms with van der Waals surface area (Å²) in [6.07, 6.45) is 2.98. The van der Waals surface area contributed by atoms with Crippen molar-refractivity contribution in [2.45, 2.75) is 13.8 Å². The van der Waals surface area contributed by atoms with Crippen LogP contribution < -0.4 is 14.8 Å². The van der Waals surface area contributed by atoms with Crippen LogP contribution in [0.2, 0.25) is 0 Å². The molecule has 0 atom stereocenters. The SMILES string of the molecule is CCOc1ccc(-c2coc3cc(OC)c(/C(C)=C/C(=O)Nc4cc(F)ccc4F)cc23)cc1. The highest BCUT2D eigenvalue weighted by Crippen LogP contribution is 2.37. The first kappa shape index (κ1) is 23.0. The maximum absolute atomic E-state index is 13.9. The van der Waals surface area contributed by atoms with Crippen LogP contribution in [0.25, 0.3) is 27.7 Å². The molecule has 0 fully saturated rings. The predicted molar refractivity (Wildman–Crippen MR) is 128 cm³/mol. The minimum Gasteiger partial charge on any atom is -0.496 e. The van der Waals surface area contributed by atoms with E-state index in [1.54, 1.807) is 19.3 Å². The van der Waals surface area contributed by atoms with Gasteiger partial charge in [0.1, 0.15) is 28.7 Å². The van der Waals surface area contributed by atoms with Gasteiger partial charge in [-0.15, -0.1) is 0 Å². The van der Waals surface area contributed by atoms with Crippen LogP contribution in [-0.4, -0.2) is 19.6 Å². The first-order valence-electron chi connectivity index (χ1n) is 10.7. The number of allylic oxidation sites excluding steroid dienone is 1. The van der Waals surface area contributed by atoms with E-state index in [2.05, 4.69) is 5.32 Å². The van der Waals surface area contributed by atoms with Gasteiger partial charge in [0.2, 0.25) is 5.91 Å². The third-order valence-corrected chi connectivity index (χ3v) is 5.33. The van der Waals surface area contributed by atoms with Gasteiger partial charge in [0.05, 0.1) is 25.7 Å². The van der Waals surface area contributed by atoms with Gasteiger partial charge in [0.15, 0.2) is 0 Å². The molecular formula is C27H23F2NO4. The number of hydrogen-bond donors (Lipinski definition) is 1. The van der Waals surface area contributed by atoms with Crippen LogP contribution in [0.4, 0.5) is 14.5 Å². The van der Waals surface area contributed by atoms with Gasteiger partial charge in [0, 0.05) is 34.7 Å². The first-order chi connectivity index (χ1) is 16.4. The van der Waals surface area contributed by atoms with Crippen molar-refractivity contribution in [1.29, 1.82) is 0 Å². The van der Waals surface area contributed by atoms with Crippen molar-refractivity contribution in [3.05, 3.63) is 84.1 Å². The van der Waals surface area contributed by atoms with Gasteiger partial charge in [-0.1, -0.05) is 12.1 Å². The van der Waals surface area contributed by atoms with Gasteiger partial charge >= 0.3 is 0 Å². The van der Waals surface area contributed by atoms with Crippen LogP contribution in [0.3, 0.4) is 0 Å². The molecule has 174 valence electrons. The molecule has 1 N–H and O–H groups in total. The molecule has 4 aromatic rings. The minimum absolute atomic E-state index is 0.232. The number of ether oxygens (including phenoxy) is 2. The van der Waals surface area contributed by atoms with Crippen LogP contribution in [-0.2, 0) is 4.79 Å². The summed E-state index contributed by atoms with van der Waals surface area (Å²) in [6, 6.07) is 14.2. The molecule has 5 nitrogen and oxygen atoms in total. The van der Waals surface area contributed by atoms with Crippen LogP contribution in [0.5, 0.6) is 11.5 Å². The summed E-state index contributed by atoms with van der Waals surface area (Å²) in [5.74, 6) is -0.674. The molecule has 0 saturated carbocycles. The van der Waals surface area contributed by atoms with Gasteiger partial charge in [-0.25, -0.2) is 8.78 Å². The summed E-state index contributed by atoms with van der Waals surface area (Å²) in [5, 5.41) is 3.21. The van der Waals surface area contributed by atoms with E-state index in [1.807, 2.05) is 37.3 Å². The molecular weight excluding hydrogens is 440 g/mol. The fraction of sp³-hybridized carbons (Fsp3) is 0.148. The number of hydrogen-bond acceptors (Lipinski definition) is 4. The second-order valence-electron chi connectivity index (χ2n) is 7.60. The number of rotatable bonds is 7. The lowest BCUT2D eigenvalue weighted by molar-refractivity contribution is -0.111. The van der Waals surface area contributed by atoms with Crippen LogP contribution in [0, 0.1) is 11.6 Å². The number of benzene rings is 3. The second kappa shape index (κ2) is 9.79. The number of fused-ring (bicyclic) bond motifs is 1. The van der Waals surface area contributed by atoms with E-state index in [-0.39, 0.29) is 5.69 Å². The maximum atomic E-state index is 13.9. The monoisotopic (exact) mass is 463 g/mol. The quantitative estimate of drug-likeness (QED) is 0.305. The maximum Gasteiger partial charge on any atom is 0.248 e. The molecule has 3 aromatic carbocycles. The lowest BCUT2D eigenvalue weighted by Gasteiger charge is -2.11. The summed E-state index contributed by atoms with van der Waals surface area (Å²) >= 11 is 0. The molecule has 7 heteroatoms. The predicted octanol–water partition coefficient (Wildman–Crippen LogP) is 6.83. The van der Waals surface area contributed by atoms with Crippen molar-refractivity contribution < 1.29 is 27.5 Å². The van der Waals surface area contributed by atoms with E-state index in [9.17, 15) is 13.6 Å². The highest BCUT2D eigenvalue weighted by molar-refractivity contribution is 6.05. The summed E-state index contributed by atoms with van der Waals surface area (Å²) in [6.45, 7) is 4.25. The number of carbonyl (C=O) groups excluding carboxylic acids is 1. The van der Waals surface area contributed by atoms with E-state index < -0.39 is 17.5 Å². The first-order valence-corrected chi connectivity index (χ1v) is 10.7. The Morgan fingerprint density at radius 3 is 2.56 bits per heavy atom. The Morgan fingerprint density at radius 1 is 1.09 bits per heavy atom. The fourth-order valence-corrected chi connectivity index (χ4v) is 3.69. The number of amides is 1. The normalized spacial score (nSPS) is 11.5. The lowest BCUT2D eigenvalue weighted by Crippen LogP contribution is -2.10. The Bertz CT molecular complexity index is 1370. The molecule has 0 bridgehead atoms. The molecule has 0 radical (unpaired) electrons. The average Bonchev–Trinajstić information content (AvgIpc) is 3.24. The zero-order valence-corrected chi connectivity index (χ0v) is 18.9.